The Morgan fingerprint density at radius 1 is 1.09 bits per heavy atom. The molecule has 33 heavy (non-hydrogen) atoms. The highest BCUT2D eigenvalue weighted by atomic mass is 35.5. The predicted molar refractivity (Wildman–Crippen MR) is 126 cm³/mol. The van der Waals surface area contributed by atoms with Gasteiger partial charge in [0, 0.05) is 35.1 Å². The van der Waals surface area contributed by atoms with Crippen LogP contribution < -0.4 is 4.74 Å². The first-order valence-electron chi connectivity index (χ1n) is 10.3. The second kappa shape index (κ2) is 9.09. The number of aryl methyl sites for hydroxylation is 1. The summed E-state index contributed by atoms with van der Waals surface area (Å²) in [5.41, 5.74) is 4.85. The summed E-state index contributed by atoms with van der Waals surface area (Å²) < 4.78 is 19.5. The van der Waals surface area contributed by atoms with Crippen LogP contribution in [0.2, 0.25) is 5.02 Å². The van der Waals surface area contributed by atoms with Gasteiger partial charge in [-0.25, -0.2) is 9.37 Å². The SMILES string of the molecule is Cc1ncc(CO)c2c1Oc1nc(-c3ccccc3Cl)nc(SCc3ccc(F)cc3)c1C2. The van der Waals surface area contributed by atoms with E-state index in [1.54, 1.807) is 24.4 Å². The molecule has 0 unspecified atom stereocenters. The summed E-state index contributed by atoms with van der Waals surface area (Å²) in [5.74, 6) is 1.87. The van der Waals surface area contributed by atoms with Crippen LogP contribution >= 0.6 is 23.4 Å². The lowest BCUT2D eigenvalue weighted by molar-refractivity contribution is 0.278. The van der Waals surface area contributed by atoms with Crippen molar-refractivity contribution in [3.05, 3.63) is 93.5 Å². The molecule has 0 amide bonds. The van der Waals surface area contributed by atoms with Gasteiger partial charge in [-0.2, -0.15) is 4.98 Å². The van der Waals surface area contributed by atoms with Crippen molar-refractivity contribution in [1.82, 2.24) is 15.0 Å². The molecule has 0 fully saturated rings. The lowest BCUT2D eigenvalue weighted by Crippen LogP contribution is -2.13. The lowest BCUT2D eigenvalue weighted by atomic mass is 9.99. The first-order chi connectivity index (χ1) is 16.0. The van der Waals surface area contributed by atoms with E-state index >= 15 is 0 Å². The molecule has 0 bridgehead atoms. The molecule has 1 aliphatic heterocycles. The number of nitrogens with zero attached hydrogens (tertiary/aromatic N) is 3. The molecule has 0 saturated heterocycles. The molecular weight excluding hydrogens is 461 g/mol. The maximum absolute atomic E-state index is 13.3. The minimum Gasteiger partial charge on any atom is -0.436 e. The Morgan fingerprint density at radius 3 is 2.64 bits per heavy atom. The molecule has 8 heteroatoms. The summed E-state index contributed by atoms with van der Waals surface area (Å²) in [7, 11) is 0. The second-order valence-electron chi connectivity index (χ2n) is 7.64. The Hall–Kier alpha value is -3.00. The molecule has 166 valence electrons. The van der Waals surface area contributed by atoms with Crippen LogP contribution in [0.5, 0.6) is 11.6 Å². The van der Waals surface area contributed by atoms with Gasteiger partial charge in [-0.15, -0.1) is 11.8 Å². The Bertz CT molecular complexity index is 1350. The van der Waals surface area contributed by atoms with Crippen LogP contribution in [0.3, 0.4) is 0 Å². The topological polar surface area (TPSA) is 68.1 Å². The average molecular weight is 480 g/mol. The molecule has 0 atom stereocenters. The number of aliphatic hydroxyl groups excluding tert-OH is 1. The number of benzene rings is 2. The molecule has 2 aromatic carbocycles. The zero-order chi connectivity index (χ0) is 22.9. The van der Waals surface area contributed by atoms with E-state index in [9.17, 15) is 9.50 Å². The fourth-order valence-corrected chi connectivity index (χ4v) is 4.91. The van der Waals surface area contributed by atoms with Crippen LogP contribution in [0.4, 0.5) is 4.39 Å². The highest BCUT2D eigenvalue weighted by Gasteiger charge is 2.28. The summed E-state index contributed by atoms with van der Waals surface area (Å²) in [6.45, 7) is 1.73. The smallest absolute Gasteiger partial charge is 0.227 e. The molecule has 2 aromatic heterocycles. The molecule has 5 nitrogen and oxygen atoms in total. The highest BCUT2D eigenvalue weighted by molar-refractivity contribution is 7.98. The zero-order valence-electron chi connectivity index (χ0n) is 17.7. The minimum absolute atomic E-state index is 0.134. The van der Waals surface area contributed by atoms with E-state index in [1.807, 2.05) is 25.1 Å². The van der Waals surface area contributed by atoms with Crippen LogP contribution in [-0.4, -0.2) is 20.1 Å². The third-order valence-electron chi connectivity index (χ3n) is 5.46. The van der Waals surface area contributed by atoms with E-state index in [4.69, 9.17) is 26.3 Å². The van der Waals surface area contributed by atoms with E-state index in [1.165, 1.54) is 23.9 Å². The van der Waals surface area contributed by atoms with Gasteiger partial charge >= 0.3 is 0 Å². The minimum atomic E-state index is -0.269. The molecule has 0 saturated carbocycles. The van der Waals surface area contributed by atoms with Crippen molar-refractivity contribution in [2.24, 2.45) is 0 Å². The Kier molecular flexibility index (Phi) is 6.01. The van der Waals surface area contributed by atoms with Gasteiger partial charge < -0.3 is 9.84 Å². The van der Waals surface area contributed by atoms with Crippen LogP contribution in [0.1, 0.15) is 27.9 Å². The number of ether oxygens (including phenoxy) is 1. The van der Waals surface area contributed by atoms with Gasteiger partial charge in [0.05, 0.1) is 22.9 Å². The van der Waals surface area contributed by atoms with E-state index in [2.05, 4.69) is 4.98 Å². The number of hydrogen-bond donors (Lipinski definition) is 1. The zero-order valence-corrected chi connectivity index (χ0v) is 19.3. The Balaban J connectivity index is 1.60. The first-order valence-corrected chi connectivity index (χ1v) is 11.7. The quantitative estimate of drug-likeness (QED) is 0.242. The van der Waals surface area contributed by atoms with Gasteiger partial charge in [-0.1, -0.05) is 35.9 Å². The predicted octanol–water partition coefficient (Wildman–Crippen LogP) is 6.12. The maximum atomic E-state index is 13.3. The molecule has 1 aliphatic rings. The number of aromatic nitrogens is 3. The molecule has 0 radical (unpaired) electrons. The third kappa shape index (κ3) is 4.31. The number of rotatable bonds is 5. The van der Waals surface area contributed by atoms with Crippen LogP contribution in [0.15, 0.2) is 59.8 Å². The monoisotopic (exact) mass is 479 g/mol. The summed E-state index contributed by atoms with van der Waals surface area (Å²) >= 11 is 7.95. The van der Waals surface area contributed by atoms with E-state index in [0.717, 1.165) is 27.4 Å². The number of halogens is 2. The Morgan fingerprint density at radius 2 is 1.88 bits per heavy atom. The van der Waals surface area contributed by atoms with Gasteiger partial charge in [-0.05, 0) is 36.8 Å². The normalized spacial score (nSPS) is 12.1. The van der Waals surface area contributed by atoms with Crippen LogP contribution in [-0.2, 0) is 18.8 Å². The van der Waals surface area contributed by atoms with Crippen molar-refractivity contribution in [1.29, 1.82) is 0 Å². The van der Waals surface area contributed by atoms with Crippen molar-refractivity contribution in [3.63, 3.8) is 0 Å². The standard InChI is InChI=1S/C25H19ClFN3O2S/c1-14-22-19(16(12-31)11-28-14)10-20-24(32-22)29-23(18-4-2-3-5-21(18)26)30-25(20)33-13-15-6-8-17(27)9-7-15/h2-9,11,31H,10,12-13H2,1H3. The van der Waals surface area contributed by atoms with Crippen LogP contribution in [0, 0.1) is 12.7 Å². The largest absolute Gasteiger partial charge is 0.436 e. The van der Waals surface area contributed by atoms with Gasteiger partial charge in [0.25, 0.3) is 0 Å². The number of thioether (sulfide) groups is 1. The van der Waals surface area contributed by atoms with Crippen molar-refractivity contribution in [3.8, 4) is 23.0 Å². The van der Waals surface area contributed by atoms with Crippen LogP contribution in [0.25, 0.3) is 11.4 Å². The van der Waals surface area contributed by atoms with Crippen molar-refractivity contribution < 1.29 is 14.2 Å². The average Bonchev–Trinajstić information content (AvgIpc) is 2.83. The molecule has 3 heterocycles. The molecule has 5 rings (SSSR count). The summed E-state index contributed by atoms with van der Waals surface area (Å²) in [4.78, 5) is 13.9. The van der Waals surface area contributed by atoms with E-state index in [0.29, 0.717) is 45.8 Å². The number of hydrogen-bond acceptors (Lipinski definition) is 6. The van der Waals surface area contributed by atoms with Crippen molar-refractivity contribution >= 4 is 23.4 Å². The first kappa shape index (κ1) is 21.8. The molecule has 4 aromatic rings. The van der Waals surface area contributed by atoms with Crippen molar-refractivity contribution in [2.75, 3.05) is 0 Å². The summed E-state index contributed by atoms with van der Waals surface area (Å²) in [6.07, 6.45) is 2.19. The number of aliphatic hydroxyl groups is 1. The van der Waals surface area contributed by atoms with Gasteiger partial charge in [0.1, 0.15) is 10.8 Å². The maximum Gasteiger partial charge on any atom is 0.227 e. The molecule has 0 aliphatic carbocycles. The van der Waals surface area contributed by atoms with Gasteiger partial charge in [0.2, 0.25) is 5.88 Å². The third-order valence-corrected chi connectivity index (χ3v) is 6.88. The fraction of sp³-hybridized carbons (Fsp3) is 0.160. The van der Waals surface area contributed by atoms with Gasteiger partial charge in [0.15, 0.2) is 11.6 Å². The molecular formula is C25H19ClFN3O2S. The second-order valence-corrected chi connectivity index (χ2v) is 9.02. The lowest BCUT2D eigenvalue weighted by Gasteiger charge is -2.24. The summed E-state index contributed by atoms with van der Waals surface area (Å²) in [6, 6.07) is 13.8. The molecule has 1 N–H and O–H groups in total. The van der Waals surface area contributed by atoms with Crippen molar-refractivity contribution in [2.45, 2.75) is 30.7 Å². The highest BCUT2D eigenvalue weighted by Crippen LogP contribution is 2.43. The molecule has 0 spiro atoms. The number of pyridine rings is 1. The van der Waals surface area contributed by atoms with E-state index in [-0.39, 0.29) is 12.4 Å². The number of fused-ring (bicyclic) bond motifs is 2. The summed E-state index contributed by atoms with van der Waals surface area (Å²) in [5, 5.41) is 11.1. The van der Waals surface area contributed by atoms with E-state index < -0.39 is 0 Å². The fourth-order valence-electron chi connectivity index (χ4n) is 3.71. The van der Waals surface area contributed by atoms with Gasteiger partial charge in [-0.3, -0.25) is 4.98 Å². The Labute approximate surface area is 199 Å².